The van der Waals surface area contributed by atoms with Gasteiger partial charge < -0.3 is 5.73 Å². The van der Waals surface area contributed by atoms with Crippen molar-refractivity contribution in [3.8, 4) is 0 Å². The maximum Gasteiger partial charge on any atom is 0.0408 e. The van der Waals surface area contributed by atoms with Crippen LogP contribution in [0.15, 0.2) is 30.4 Å². The highest BCUT2D eigenvalue weighted by molar-refractivity contribution is 6.30. The van der Waals surface area contributed by atoms with Gasteiger partial charge in [-0.2, -0.15) is 0 Å². The monoisotopic (exact) mass is 219 g/mol. The number of halogens is 1. The molecule has 3 atom stereocenters. The van der Waals surface area contributed by atoms with Crippen LogP contribution in [0.4, 0.5) is 0 Å². The largest absolute Gasteiger partial charge is 0.327 e. The highest BCUT2D eigenvalue weighted by Gasteiger charge is 2.34. The Labute approximate surface area is 94.9 Å². The summed E-state index contributed by atoms with van der Waals surface area (Å²) in [6.07, 6.45) is 6.66. The van der Waals surface area contributed by atoms with E-state index in [1.165, 1.54) is 11.1 Å². The predicted molar refractivity (Wildman–Crippen MR) is 63.1 cm³/mol. The molecule has 2 bridgehead atoms. The smallest absolute Gasteiger partial charge is 0.0408 e. The lowest BCUT2D eigenvalue weighted by Crippen LogP contribution is -2.42. The lowest BCUT2D eigenvalue weighted by atomic mass is 9.69. The molecular formula is C13H14ClN. The number of benzene rings is 1. The van der Waals surface area contributed by atoms with Crippen LogP contribution >= 0.6 is 11.6 Å². The Balaban J connectivity index is 2.12. The summed E-state index contributed by atoms with van der Waals surface area (Å²) < 4.78 is 0. The van der Waals surface area contributed by atoms with E-state index in [9.17, 15) is 0 Å². The van der Waals surface area contributed by atoms with Crippen molar-refractivity contribution in [1.29, 1.82) is 0 Å². The van der Waals surface area contributed by atoms with Gasteiger partial charge in [0.2, 0.25) is 0 Å². The van der Waals surface area contributed by atoms with E-state index in [0.29, 0.717) is 17.9 Å². The Hall–Kier alpha value is -0.790. The minimum Gasteiger partial charge on any atom is -0.327 e. The maximum absolute atomic E-state index is 6.25. The highest BCUT2D eigenvalue weighted by atomic mass is 35.5. The van der Waals surface area contributed by atoms with Crippen LogP contribution in [0.2, 0.25) is 5.02 Å². The van der Waals surface area contributed by atoms with Crippen LogP contribution in [-0.4, -0.2) is 6.04 Å². The first-order chi connectivity index (χ1) is 7.25. The lowest BCUT2D eigenvalue weighted by molar-refractivity contribution is 0.377. The van der Waals surface area contributed by atoms with Crippen molar-refractivity contribution in [3.63, 3.8) is 0 Å². The highest BCUT2D eigenvalue weighted by Crippen LogP contribution is 2.40. The van der Waals surface area contributed by atoms with Gasteiger partial charge in [-0.3, -0.25) is 0 Å². The summed E-state index contributed by atoms with van der Waals surface area (Å²) in [6.45, 7) is 0. The van der Waals surface area contributed by atoms with Crippen LogP contribution in [0.3, 0.4) is 0 Å². The molecule has 0 fully saturated rings. The Morgan fingerprint density at radius 2 is 2.20 bits per heavy atom. The van der Waals surface area contributed by atoms with Crippen molar-refractivity contribution < 1.29 is 0 Å². The molecule has 0 amide bonds. The van der Waals surface area contributed by atoms with Gasteiger partial charge in [-0.25, -0.2) is 0 Å². The van der Waals surface area contributed by atoms with Crippen LogP contribution in [0, 0.1) is 5.92 Å². The molecule has 15 heavy (non-hydrogen) atoms. The minimum atomic E-state index is 0.295. The van der Waals surface area contributed by atoms with Crippen LogP contribution in [0.25, 0.3) is 0 Å². The third kappa shape index (κ3) is 1.42. The van der Waals surface area contributed by atoms with Crippen molar-refractivity contribution in [2.24, 2.45) is 11.7 Å². The van der Waals surface area contributed by atoms with E-state index in [4.69, 9.17) is 17.3 Å². The van der Waals surface area contributed by atoms with Gasteiger partial charge in [0, 0.05) is 17.0 Å². The average Bonchev–Trinajstić information content (AvgIpc) is 2.19. The predicted octanol–water partition coefficient (Wildman–Crippen LogP) is 2.88. The molecular weight excluding hydrogens is 206 g/mol. The maximum atomic E-state index is 6.25. The molecule has 0 radical (unpaired) electrons. The second-order valence-corrected chi connectivity index (χ2v) is 5.00. The fraction of sp³-hybridized carbons (Fsp3) is 0.385. The molecule has 3 rings (SSSR count). The molecule has 0 heterocycles. The molecule has 0 spiro atoms. The molecule has 0 aliphatic heterocycles. The summed E-state index contributed by atoms with van der Waals surface area (Å²) in [5.41, 5.74) is 9.05. The van der Waals surface area contributed by atoms with Crippen molar-refractivity contribution in [2.45, 2.75) is 24.8 Å². The number of rotatable bonds is 0. The van der Waals surface area contributed by atoms with Crippen molar-refractivity contribution in [1.82, 2.24) is 0 Å². The second-order valence-electron chi connectivity index (χ2n) is 4.56. The second kappa shape index (κ2) is 3.36. The van der Waals surface area contributed by atoms with Gasteiger partial charge in [0.05, 0.1) is 0 Å². The summed E-state index contributed by atoms with van der Waals surface area (Å²) >= 11 is 6.02. The van der Waals surface area contributed by atoms with Gasteiger partial charge in [-0.05, 0) is 42.0 Å². The van der Waals surface area contributed by atoms with E-state index >= 15 is 0 Å². The first-order valence-electron chi connectivity index (χ1n) is 5.46. The molecule has 1 nitrogen and oxygen atoms in total. The zero-order valence-electron chi connectivity index (χ0n) is 8.49. The number of fused-ring (bicyclic) bond motifs is 4. The third-order valence-corrected chi connectivity index (χ3v) is 3.93. The molecule has 1 aromatic rings. The van der Waals surface area contributed by atoms with Gasteiger partial charge in [-0.1, -0.05) is 29.8 Å². The third-order valence-electron chi connectivity index (χ3n) is 3.69. The Bertz CT molecular complexity index is 425. The summed E-state index contributed by atoms with van der Waals surface area (Å²) in [5, 5.41) is 0.839. The minimum absolute atomic E-state index is 0.295. The Morgan fingerprint density at radius 3 is 3.07 bits per heavy atom. The molecule has 2 heteroatoms. The SMILES string of the molecule is N[C@H]1[C@@H]2CC=C[C@H]1Cc1cc(Cl)ccc12. The molecule has 1 aromatic carbocycles. The molecule has 2 aliphatic rings. The molecule has 2 N–H and O–H groups in total. The number of hydrogen-bond donors (Lipinski definition) is 1. The first kappa shape index (κ1) is 9.44. The fourth-order valence-corrected chi connectivity index (χ4v) is 3.08. The van der Waals surface area contributed by atoms with E-state index in [1.54, 1.807) is 0 Å². The zero-order chi connectivity index (χ0) is 10.4. The van der Waals surface area contributed by atoms with E-state index in [-0.39, 0.29) is 0 Å². The molecule has 0 saturated carbocycles. The Kier molecular flexibility index (Phi) is 2.11. The topological polar surface area (TPSA) is 26.0 Å². The van der Waals surface area contributed by atoms with Crippen LogP contribution in [-0.2, 0) is 6.42 Å². The van der Waals surface area contributed by atoms with Gasteiger partial charge in [-0.15, -0.1) is 0 Å². The normalized spacial score (nSPS) is 32.5. The van der Waals surface area contributed by atoms with Crippen molar-refractivity contribution >= 4 is 11.6 Å². The van der Waals surface area contributed by atoms with E-state index < -0.39 is 0 Å². The molecule has 0 saturated heterocycles. The summed E-state index contributed by atoms with van der Waals surface area (Å²) in [4.78, 5) is 0. The molecule has 2 aliphatic carbocycles. The summed E-state index contributed by atoms with van der Waals surface area (Å²) in [5.74, 6) is 1.01. The molecule has 78 valence electrons. The van der Waals surface area contributed by atoms with Crippen LogP contribution in [0.1, 0.15) is 23.5 Å². The van der Waals surface area contributed by atoms with Crippen molar-refractivity contribution in [2.75, 3.05) is 0 Å². The molecule has 0 unspecified atom stereocenters. The summed E-state index contributed by atoms with van der Waals surface area (Å²) in [6, 6.07) is 6.52. The quantitative estimate of drug-likeness (QED) is 0.668. The molecule has 0 aromatic heterocycles. The standard InChI is InChI=1S/C13H14ClN/c14-10-4-5-11-9(7-10)6-8-2-1-3-12(11)13(8)15/h1-2,4-5,7-8,12-13H,3,6,15H2/t8-,12+,13+/m0/s1. The van der Waals surface area contributed by atoms with Crippen molar-refractivity contribution in [3.05, 3.63) is 46.5 Å². The summed E-state index contributed by atoms with van der Waals surface area (Å²) in [7, 11) is 0. The number of hydrogen-bond acceptors (Lipinski definition) is 1. The van der Waals surface area contributed by atoms with Crippen LogP contribution < -0.4 is 5.73 Å². The van der Waals surface area contributed by atoms with Crippen LogP contribution in [0.5, 0.6) is 0 Å². The Morgan fingerprint density at radius 1 is 1.33 bits per heavy atom. The van der Waals surface area contributed by atoms with E-state index in [2.05, 4.69) is 24.3 Å². The number of allylic oxidation sites excluding steroid dienone is 1. The van der Waals surface area contributed by atoms with Gasteiger partial charge in [0.25, 0.3) is 0 Å². The van der Waals surface area contributed by atoms with Gasteiger partial charge in [0.1, 0.15) is 0 Å². The van der Waals surface area contributed by atoms with Gasteiger partial charge >= 0.3 is 0 Å². The van der Waals surface area contributed by atoms with E-state index in [0.717, 1.165) is 17.9 Å². The number of nitrogens with two attached hydrogens (primary N) is 1. The average molecular weight is 220 g/mol. The first-order valence-corrected chi connectivity index (χ1v) is 5.84. The lowest BCUT2D eigenvalue weighted by Gasteiger charge is -2.38. The zero-order valence-corrected chi connectivity index (χ0v) is 9.24. The fourth-order valence-electron chi connectivity index (χ4n) is 2.89. The van der Waals surface area contributed by atoms with Gasteiger partial charge in [0.15, 0.2) is 0 Å². The van der Waals surface area contributed by atoms with E-state index in [1.807, 2.05) is 6.07 Å².